The highest BCUT2D eigenvalue weighted by molar-refractivity contribution is 9.10. The third-order valence-electron chi connectivity index (χ3n) is 2.78. The Morgan fingerprint density at radius 3 is 2.05 bits per heavy atom. The second kappa shape index (κ2) is 5.81. The van der Waals surface area contributed by atoms with Crippen LogP contribution in [0, 0.1) is 0 Å². The first-order chi connectivity index (χ1) is 9.80. The molecule has 2 aromatic rings. The average Bonchev–Trinajstić information content (AvgIpc) is 2.45. The Labute approximate surface area is 126 Å². The molecule has 0 amide bonds. The number of carbonyl (C=O) groups is 2. The Balaban J connectivity index is 2.35. The number of hydrogen-bond donors (Lipinski definition) is 0. The van der Waals surface area contributed by atoms with Gasteiger partial charge in [0.15, 0.2) is 0 Å². The van der Waals surface area contributed by atoms with Crippen LogP contribution in [-0.2, 0) is 6.18 Å². The van der Waals surface area contributed by atoms with Crippen LogP contribution in [0.1, 0.15) is 26.3 Å². The Morgan fingerprint density at radius 1 is 0.905 bits per heavy atom. The van der Waals surface area contributed by atoms with E-state index in [2.05, 4.69) is 15.9 Å². The Hall–Kier alpha value is -1.95. The van der Waals surface area contributed by atoms with E-state index >= 15 is 0 Å². The van der Waals surface area contributed by atoms with Crippen LogP contribution in [0.5, 0.6) is 0 Å². The number of halogens is 4. The van der Waals surface area contributed by atoms with Gasteiger partial charge in [0.25, 0.3) is 0 Å². The van der Waals surface area contributed by atoms with Gasteiger partial charge in [-0.25, -0.2) is 0 Å². The van der Waals surface area contributed by atoms with E-state index in [-0.39, 0.29) is 15.6 Å². The monoisotopic (exact) mass is 356 g/mol. The van der Waals surface area contributed by atoms with E-state index < -0.39 is 23.3 Å². The van der Waals surface area contributed by atoms with E-state index in [1.165, 1.54) is 12.1 Å². The van der Waals surface area contributed by atoms with E-state index in [9.17, 15) is 22.8 Å². The Morgan fingerprint density at radius 2 is 1.52 bits per heavy atom. The van der Waals surface area contributed by atoms with E-state index in [1.54, 1.807) is 18.2 Å². The number of alkyl halides is 3. The van der Waals surface area contributed by atoms with Gasteiger partial charge in [-0.05, 0) is 18.2 Å². The van der Waals surface area contributed by atoms with E-state index in [4.69, 9.17) is 0 Å². The van der Waals surface area contributed by atoms with Crippen molar-refractivity contribution in [1.82, 2.24) is 0 Å². The summed E-state index contributed by atoms with van der Waals surface area (Å²) in [5, 5.41) is 0. The van der Waals surface area contributed by atoms with Crippen LogP contribution in [0.3, 0.4) is 0 Å². The maximum Gasteiger partial charge on any atom is 0.416 e. The van der Waals surface area contributed by atoms with Crippen molar-refractivity contribution >= 4 is 27.5 Å². The lowest BCUT2D eigenvalue weighted by atomic mass is 10.0. The lowest BCUT2D eigenvalue weighted by Gasteiger charge is -2.09. The van der Waals surface area contributed by atoms with Crippen LogP contribution in [0.2, 0.25) is 0 Å². The highest BCUT2D eigenvalue weighted by atomic mass is 79.9. The van der Waals surface area contributed by atoms with Crippen LogP contribution in [-0.4, -0.2) is 11.6 Å². The number of ketones is 2. The number of hydrogen-bond acceptors (Lipinski definition) is 2. The molecule has 6 heteroatoms. The van der Waals surface area contributed by atoms with Crippen molar-refractivity contribution in [3.8, 4) is 0 Å². The quantitative estimate of drug-likeness (QED) is 0.597. The summed E-state index contributed by atoms with van der Waals surface area (Å²) in [5.74, 6) is -1.63. The average molecular weight is 357 g/mol. The second-order valence-corrected chi connectivity index (χ2v) is 5.07. The maximum absolute atomic E-state index is 12.6. The highest BCUT2D eigenvalue weighted by Crippen LogP contribution is 2.32. The molecule has 0 saturated carbocycles. The summed E-state index contributed by atoms with van der Waals surface area (Å²) in [4.78, 5) is 24.1. The molecule has 21 heavy (non-hydrogen) atoms. The summed E-state index contributed by atoms with van der Waals surface area (Å²) >= 11 is 2.91. The third kappa shape index (κ3) is 3.39. The van der Waals surface area contributed by atoms with Gasteiger partial charge < -0.3 is 0 Å². The molecule has 108 valence electrons. The molecule has 0 fully saturated rings. The van der Waals surface area contributed by atoms with E-state index in [0.29, 0.717) is 0 Å². The van der Waals surface area contributed by atoms with Gasteiger partial charge in [-0.1, -0.05) is 46.3 Å². The molecule has 0 aliphatic heterocycles. The molecule has 0 aliphatic carbocycles. The van der Waals surface area contributed by atoms with Gasteiger partial charge in [0.05, 0.1) is 5.56 Å². The molecule has 2 rings (SSSR count). The van der Waals surface area contributed by atoms with Crippen molar-refractivity contribution in [1.29, 1.82) is 0 Å². The molecule has 0 spiro atoms. The molecule has 0 heterocycles. The van der Waals surface area contributed by atoms with Crippen molar-refractivity contribution in [2.24, 2.45) is 0 Å². The third-order valence-corrected chi connectivity index (χ3v) is 3.44. The molecule has 0 N–H and O–H groups in total. The topological polar surface area (TPSA) is 34.1 Å². The lowest BCUT2D eigenvalue weighted by molar-refractivity contribution is -0.137. The molecule has 0 unspecified atom stereocenters. The van der Waals surface area contributed by atoms with Crippen LogP contribution < -0.4 is 0 Å². The highest BCUT2D eigenvalue weighted by Gasteiger charge is 2.31. The minimum absolute atomic E-state index is 0.0633. The SMILES string of the molecule is O=C(C(=O)c1ccc(C(F)(F)F)cc1Br)c1ccccc1. The second-order valence-electron chi connectivity index (χ2n) is 4.22. The lowest BCUT2D eigenvalue weighted by Crippen LogP contribution is -2.15. The summed E-state index contributed by atoms with van der Waals surface area (Å²) in [7, 11) is 0. The van der Waals surface area contributed by atoms with E-state index in [1.807, 2.05) is 0 Å². The minimum Gasteiger partial charge on any atom is -0.285 e. The molecule has 0 aliphatic rings. The van der Waals surface area contributed by atoms with Gasteiger partial charge in [0.1, 0.15) is 0 Å². The number of benzene rings is 2. The zero-order valence-corrected chi connectivity index (χ0v) is 12.0. The summed E-state index contributed by atoms with van der Waals surface area (Å²) < 4.78 is 37.6. The normalized spacial score (nSPS) is 11.2. The van der Waals surface area contributed by atoms with Gasteiger partial charge >= 0.3 is 6.18 Å². The molecule has 0 saturated heterocycles. The fourth-order valence-electron chi connectivity index (χ4n) is 1.72. The molecular formula is C15H8BrF3O2. The van der Waals surface area contributed by atoms with Crippen molar-refractivity contribution in [3.63, 3.8) is 0 Å². The molecule has 0 atom stereocenters. The fourth-order valence-corrected chi connectivity index (χ4v) is 2.28. The van der Waals surface area contributed by atoms with Gasteiger partial charge in [0, 0.05) is 15.6 Å². The molecular weight excluding hydrogens is 349 g/mol. The van der Waals surface area contributed by atoms with Gasteiger partial charge in [-0.2, -0.15) is 13.2 Å². The Bertz CT molecular complexity index is 694. The zero-order valence-electron chi connectivity index (χ0n) is 10.4. The van der Waals surface area contributed by atoms with Crippen molar-refractivity contribution in [2.45, 2.75) is 6.18 Å². The summed E-state index contributed by atoms with van der Waals surface area (Å²) in [6.45, 7) is 0. The largest absolute Gasteiger partial charge is 0.416 e. The molecule has 0 aromatic heterocycles. The van der Waals surface area contributed by atoms with Gasteiger partial charge in [-0.3, -0.25) is 9.59 Å². The number of rotatable bonds is 3. The standard InChI is InChI=1S/C15H8BrF3O2/c16-12-8-10(15(17,18)19)6-7-11(12)14(21)13(20)9-4-2-1-3-5-9/h1-8H. The number of carbonyl (C=O) groups excluding carboxylic acids is 2. The Kier molecular flexibility index (Phi) is 4.27. The minimum atomic E-state index is -4.51. The van der Waals surface area contributed by atoms with Crippen LogP contribution in [0.4, 0.5) is 13.2 Å². The first kappa shape index (κ1) is 15.4. The van der Waals surface area contributed by atoms with Crippen molar-refractivity contribution < 1.29 is 22.8 Å². The summed E-state index contributed by atoms with van der Waals surface area (Å²) in [6, 6.07) is 10.4. The van der Waals surface area contributed by atoms with E-state index in [0.717, 1.165) is 18.2 Å². The van der Waals surface area contributed by atoms with Crippen LogP contribution >= 0.6 is 15.9 Å². The molecule has 0 radical (unpaired) electrons. The van der Waals surface area contributed by atoms with Gasteiger partial charge in [0.2, 0.25) is 11.6 Å². The smallest absolute Gasteiger partial charge is 0.285 e. The molecule has 2 aromatic carbocycles. The predicted molar refractivity (Wildman–Crippen MR) is 74.2 cm³/mol. The first-order valence-corrected chi connectivity index (χ1v) is 6.61. The van der Waals surface area contributed by atoms with Crippen LogP contribution in [0.15, 0.2) is 53.0 Å². The van der Waals surface area contributed by atoms with Gasteiger partial charge in [-0.15, -0.1) is 0 Å². The zero-order chi connectivity index (χ0) is 15.6. The molecule has 0 bridgehead atoms. The number of Topliss-reactive ketones (excluding diaryl/α,β-unsaturated/α-hetero) is 2. The van der Waals surface area contributed by atoms with Crippen LogP contribution in [0.25, 0.3) is 0 Å². The molecule has 2 nitrogen and oxygen atoms in total. The van der Waals surface area contributed by atoms with Crippen molar-refractivity contribution in [3.05, 3.63) is 69.7 Å². The fraction of sp³-hybridized carbons (Fsp3) is 0.0667. The first-order valence-electron chi connectivity index (χ1n) is 5.81. The summed E-state index contributed by atoms with van der Waals surface area (Å²) in [6.07, 6.45) is -4.51. The maximum atomic E-state index is 12.6. The predicted octanol–water partition coefficient (Wildman–Crippen LogP) is 4.53. The van der Waals surface area contributed by atoms with Crippen molar-refractivity contribution in [2.75, 3.05) is 0 Å². The summed E-state index contributed by atoms with van der Waals surface area (Å²) in [5.41, 5.74) is -0.802.